The molecule has 0 aromatic carbocycles. The quantitative estimate of drug-likeness (QED) is 0.579. The molecule has 1 aliphatic heterocycles. The van der Waals surface area contributed by atoms with Crippen molar-refractivity contribution in [3.8, 4) is 0 Å². The number of fused-ring (bicyclic) bond motifs is 1. The summed E-state index contributed by atoms with van der Waals surface area (Å²) in [6.07, 6.45) is 0.296. The molecule has 1 saturated heterocycles. The molecule has 0 aromatic rings. The van der Waals surface area contributed by atoms with Crippen molar-refractivity contribution < 1.29 is 27.9 Å². The molecule has 1 saturated carbocycles. The van der Waals surface area contributed by atoms with E-state index in [2.05, 4.69) is 4.74 Å². The first kappa shape index (κ1) is 14.9. The van der Waals surface area contributed by atoms with E-state index < -0.39 is 25.0 Å². The fourth-order valence-corrected chi connectivity index (χ4v) is 2.94. The maximum atomic E-state index is 12.2. The molecule has 2 rings (SSSR count). The summed E-state index contributed by atoms with van der Waals surface area (Å²) in [4.78, 5) is 36.9. The molecule has 1 aliphatic carbocycles. The number of ether oxygens (including phenoxy) is 1. The van der Waals surface area contributed by atoms with Gasteiger partial charge in [-0.25, -0.2) is 13.6 Å². The van der Waals surface area contributed by atoms with Gasteiger partial charge >= 0.3 is 5.97 Å². The van der Waals surface area contributed by atoms with E-state index in [-0.39, 0.29) is 23.7 Å². The van der Waals surface area contributed by atoms with Gasteiger partial charge < -0.3 is 4.74 Å². The first-order valence-electron chi connectivity index (χ1n) is 6.75. The minimum Gasteiger partial charge on any atom is -0.458 e. The lowest BCUT2D eigenvalue weighted by Gasteiger charge is -2.21. The van der Waals surface area contributed by atoms with Gasteiger partial charge in [-0.05, 0) is 19.8 Å². The van der Waals surface area contributed by atoms with Gasteiger partial charge in [-0.3, -0.25) is 14.5 Å². The maximum absolute atomic E-state index is 12.2. The van der Waals surface area contributed by atoms with Crippen LogP contribution >= 0.6 is 0 Å². The van der Waals surface area contributed by atoms with Crippen molar-refractivity contribution in [2.45, 2.75) is 45.1 Å². The Labute approximate surface area is 115 Å². The molecule has 7 heteroatoms. The van der Waals surface area contributed by atoms with Crippen LogP contribution in [0.15, 0.2) is 0 Å². The van der Waals surface area contributed by atoms with Gasteiger partial charge in [0.05, 0.1) is 11.8 Å². The fourth-order valence-electron chi connectivity index (χ4n) is 2.94. The number of imide groups is 1. The van der Waals surface area contributed by atoms with E-state index in [0.717, 1.165) is 17.7 Å². The van der Waals surface area contributed by atoms with Gasteiger partial charge in [0.2, 0.25) is 11.8 Å². The third-order valence-electron chi connectivity index (χ3n) is 3.96. The largest absolute Gasteiger partial charge is 0.458 e. The van der Waals surface area contributed by atoms with E-state index in [0.29, 0.717) is 12.8 Å². The van der Waals surface area contributed by atoms with Crippen LogP contribution in [0.2, 0.25) is 0 Å². The Morgan fingerprint density at radius 2 is 1.75 bits per heavy atom. The smallest absolute Gasteiger partial charge is 0.329 e. The lowest BCUT2D eigenvalue weighted by molar-refractivity contribution is -0.160. The first-order chi connectivity index (χ1) is 9.43. The Morgan fingerprint density at radius 3 is 2.20 bits per heavy atom. The van der Waals surface area contributed by atoms with E-state index in [1.807, 2.05) is 0 Å². The predicted molar refractivity (Wildman–Crippen MR) is 63.7 cm³/mol. The minimum absolute atomic E-state index is 0.360. The highest BCUT2D eigenvalue weighted by molar-refractivity contribution is 6.07. The van der Waals surface area contributed by atoms with E-state index in [4.69, 9.17) is 0 Å². The zero-order valence-electron chi connectivity index (χ0n) is 11.2. The highest BCUT2D eigenvalue weighted by atomic mass is 19.3. The topological polar surface area (TPSA) is 63.7 Å². The van der Waals surface area contributed by atoms with Gasteiger partial charge in [-0.1, -0.05) is 12.8 Å². The van der Waals surface area contributed by atoms with Crippen molar-refractivity contribution in [2.24, 2.45) is 11.8 Å². The van der Waals surface area contributed by atoms with Crippen LogP contribution < -0.4 is 0 Å². The second-order valence-electron chi connectivity index (χ2n) is 5.24. The molecule has 2 amide bonds. The highest BCUT2D eigenvalue weighted by Crippen LogP contribution is 2.38. The molecule has 1 heterocycles. The summed E-state index contributed by atoms with van der Waals surface area (Å²) >= 11 is 0. The molecule has 20 heavy (non-hydrogen) atoms. The first-order valence-corrected chi connectivity index (χ1v) is 6.75. The Kier molecular flexibility index (Phi) is 4.35. The molecule has 3 atom stereocenters. The molecular formula is C13H17F2NO4. The number of carbonyl (C=O) groups is 3. The number of hydrogen-bond donors (Lipinski definition) is 0. The van der Waals surface area contributed by atoms with Gasteiger partial charge in [0.1, 0.15) is 6.04 Å². The molecule has 0 N–H and O–H groups in total. The third-order valence-corrected chi connectivity index (χ3v) is 3.96. The Balaban J connectivity index is 2.05. The molecule has 2 aliphatic rings. The number of amides is 2. The summed E-state index contributed by atoms with van der Waals surface area (Å²) in [5.41, 5.74) is 0. The normalized spacial score (nSPS) is 27.7. The van der Waals surface area contributed by atoms with Gasteiger partial charge in [0, 0.05) is 0 Å². The van der Waals surface area contributed by atoms with Gasteiger partial charge in [0.25, 0.3) is 6.43 Å². The molecule has 0 radical (unpaired) electrons. The maximum Gasteiger partial charge on any atom is 0.329 e. The number of likely N-dealkylation sites (tertiary alicyclic amines) is 1. The molecular weight excluding hydrogens is 272 g/mol. The molecule has 0 spiro atoms. The predicted octanol–water partition coefficient (Wildman–Crippen LogP) is 1.36. The van der Waals surface area contributed by atoms with Crippen molar-refractivity contribution in [3.63, 3.8) is 0 Å². The number of nitrogens with zero attached hydrogens (tertiary/aromatic N) is 1. The van der Waals surface area contributed by atoms with E-state index in [1.165, 1.54) is 6.92 Å². The fraction of sp³-hybridized carbons (Fsp3) is 0.769. The van der Waals surface area contributed by atoms with Crippen LogP contribution in [0.4, 0.5) is 8.78 Å². The van der Waals surface area contributed by atoms with Crippen LogP contribution in [0.25, 0.3) is 0 Å². The van der Waals surface area contributed by atoms with Crippen LogP contribution in [0, 0.1) is 11.8 Å². The molecule has 5 nitrogen and oxygen atoms in total. The van der Waals surface area contributed by atoms with Crippen LogP contribution in [-0.2, 0) is 19.1 Å². The second kappa shape index (κ2) is 5.85. The van der Waals surface area contributed by atoms with Gasteiger partial charge in [-0.2, -0.15) is 0 Å². The summed E-state index contributed by atoms with van der Waals surface area (Å²) in [6, 6.07) is -1.14. The van der Waals surface area contributed by atoms with E-state index in [1.54, 1.807) is 0 Å². The number of alkyl halides is 2. The number of esters is 1. The van der Waals surface area contributed by atoms with Crippen molar-refractivity contribution in [2.75, 3.05) is 6.61 Å². The minimum atomic E-state index is -2.77. The zero-order valence-corrected chi connectivity index (χ0v) is 11.2. The van der Waals surface area contributed by atoms with Crippen LogP contribution in [-0.4, -0.2) is 41.8 Å². The average molecular weight is 289 g/mol. The number of carbonyl (C=O) groups excluding carboxylic acids is 3. The zero-order chi connectivity index (χ0) is 14.9. The summed E-state index contributed by atoms with van der Waals surface area (Å²) in [7, 11) is 0. The van der Waals surface area contributed by atoms with Gasteiger partial charge in [-0.15, -0.1) is 0 Å². The lowest BCUT2D eigenvalue weighted by Crippen LogP contribution is -2.44. The monoisotopic (exact) mass is 289 g/mol. The molecule has 0 aromatic heterocycles. The Morgan fingerprint density at radius 1 is 1.25 bits per heavy atom. The van der Waals surface area contributed by atoms with Crippen molar-refractivity contribution in [1.82, 2.24) is 4.90 Å². The van der Waals surface area contributed by atoms with Crippen LogP contribution in [0.3, 0.4) is 0 Å². The molecule has 0 unspecified atom stereocenters. The lowest BCUT2D eigenvalue weighted by atomic mass is 9.81. The molecule has 0 bridgehead atoms. The Hall–Kier alpha value is -1.53. The van der Waals surface area contributed by atoms with Crippen molar-refractivity contribution >= 4 is 17.8 Å². The summed E-state index contributed by atoms with van der Waals surface area (Å²) in [5, 5.41) is 0. The number of halogens is 2. The molecule has 112 valence electrons. The standard InChI is InChI=1S/C13H17F2NO4/c1-7(13(19)20-6-10(14)15)16-11(17)8-4-2-3-5-9(8)12(16)18/h7-10H,2-6H2,1H3/t7-,8+,9+/m0/s1. The number of hydrogen-bond acceptors (Lipinski definition) is 4. The van der Waals surface area contributed by atoms with Gasteiger partial charge in [0.15, 0.2) is 6.61 Å². The van der Waals surface area contributed by atoms with E-state index >= 15 is 0 Å². The van der Waals surface area contributed by atoms with Crippen molar-refractivity contribution in [3.05, 3.63) is 0 Å². The Bertz CT molecular complexity index is 403. The SMILES string of the molecule is C[C@@H](C(=O)OCC(F)F)N1C(=O)[C@@H]2CCCC[C@H]2C1=O. The summed E-state index contributed by atoms with van der Waals surface area (Å²) in [5.74, 6) is -2.43. The molecule has 2 fully saturated rings. The third kappa shape index (κ3) is 2.66. The summed E-state index contributed by atoms with van der Waals surface area (Å²) < 4.78 is 28.4. The van der Waals surface area contributed by atoms with Crippen LogP contribution in [0.5, 0.6) is 0 Å². The highest BCUT2D eigenvalue weighted by Gasteiger charge is 2.51. The van der Waals surface area contributed by atoms with E-state index in [9.17, 15) is 23.2 Å². The number of rotatable bonds is 4. The average Bonchev–Trinajstić information content (AvgIpc) is 2.68. The van der Waals surface area contributed by atoms with Crippen LogP contribution in [0.1, 0.15) is 32.6 Å². The summed E-state index contributed by atoms with van der Waals surface area (Å²) in [6.45, 7) is 0.313. The van der Waals surface area contributed by atoms with Crippen molar-refractivity contribution in [1.29, 1.82) is 0 Å². The second-order valence-corrected chi connectivity index (χ2v) is 5.24.